The summed E-state index contributed by atoms with van der Waals surface area (Å²) in [5.74, 6) is 0. The normalized spacial score (nSPS) is 10.8. The second kappa shape index (κ2) is 8.39. The Morgan fingerprint density at radius 1 is 1.29 bits per heavy atom. The van der Waals surface area contributed by atoms with Crippen LogP contribution >= 0.6 is 23.4 Å². The molecule has 0 spiro atoms. The Kier molecular flexibility index (Phi) is 6.51. The minimum Gasteiger partial charge on any atom is -0.383 e. The molecule has 0 aliphatic rings. The van der Waals surface area contributed by atoms with Crippen LogP contribution in [0, 0.1) is 6.92 Å². The summed E-state index contributed by atoms with van der Waals surface area (Å²) in [7, 11) is 1.71. The third kappa shape index (κ3) is 5.32. The monoisotopic (exact) mass is 322 g/mol. The standard InChI is InChI=1S/C16H19ClN2OS/c1-12-9-13(10-18-7-8-20-2)3-5-15(12)21-16-6-4-14(17)11-19-16/h3-6,9,11,18H,7-8,10H2,1-2H3. The molecule has 2 rings (SSSR count). The summed E-state index contributed by atoms with van der Waals surface area (Å²) in [6.45, 7) is 4.57. The van der Waals surface area contributed by atoms with E-state index in [0.29, 0.717) is 5.02 Å². The number of aryl methyl sites for hydroxylation is 1. The van der Waals surface area contributed by atoms with Crippen molar-refractivity contribution in [3.63, 3.8) is 0 Å². The molecule has 3 nitrogen and oxygen atoms in total. The topological polar surface area (TPSA) is 34.1 Å². The van der Waals surface area contributed by atoms with Crippen molar-refractivity contribution in [3.05, 3.63) is 52.7 Å². The van der Waals surface area contributed by atoms with Gasteiger partial charge in [-0.25, -0.2) is 4.98 Å². The van der Waals surface area contributed by atoms with Gasteiger partial charge in [0, 0.05) is 31.3 Å². The predicted molar refractivity (Wildman–Crippen MR) is 88.1 cm³/mol. The van der Waals surface area contributed by atoms with Crippen molar-refractivity contribution in [2.24, 2.45) is 0 Å². The molecule has 0 fully saturated rings. The van der Waals surface area contributed by atoms with Gasteiger partial charge in [0.15, 0.2) is 0 Å². The zero-order chi connectivity index (χ0) is 15.1. The molecule has 0 bridgehead atoms. The number of rotatable bonds is 7. The van der Waals surface area contributed by atoms with E-state index in [1.165, 1.54) is 16.0 Å². The zero-order valence-electron chi connectivity index (χ0n) is 12.2. The molecule has 112 valence electrons. The van der Waals surface area contributed by atoms with Crippen LogP contribution < -0.4 is 5.32 Å². The van der Waals surface area contributed by atoms with Gasteiger partial charge in [0.25, 0.3) is 0 Å². The summed E-state index contributed by atoms with van der Waals surface area (Å²) in [6.07, 6.45) is 1.67. The van der Waals surface area contributed by atoms with Crippen LogP contribution in [-0.4, -0.2) is 25.2 Å². The molecule has 0 aliphatic carbocycles. The van der Waals surface area contributed by atoms with Gasteiger partial charge in [-0.1, -0.05) is 35.5 Å². The fourth-order valence-corrected chi connectivity index (χ4v) is 2.81. The Hall–Kier alpha value is -1.07. The number of halogens is 1. The Bertz CT molecular complexity index is 575. The van der Waals surface area contributed by atoms with Crippen molar-refractivity contribution < 1.29 is 4.74 Å². The molecule has 2 aromatic rings. The van der Waals surface area contributed by atoms with Gasteiger partial charge in [-0.05, 0) is 36.2 Å². The second-order valence-electron chi connectivity index (χ2n) is 4.69. The minimum atomic E-state index is 0.661. The van der Waals surface area contributed by atoms with Crippen molar-refractivity contribution in [1.82, 2.24) is 10.3 Å². The highest BCUT2D eigenvalue weighted by Gasteiger charge is 2.04. The lowest BCUT2D eigenvalue weighted by molar-refractivity contribution is 0.199. The number of nitrogens with zero attached hydrogens (tertiary/aromatic N) is 1. The minimum absolute atomic E-state index is 0.661. The number of methoxy groups -OCH3 is 1. The molecule has 1 aromatic carbocycles. The van der Waals surface area contributed by atoms with Crippen LogP contribution in [0.2, 0.25) is 5.02 Å². The molecule has 21 heavy (non-hydrogen) atoms. The number of ether oxygens (including phenoxy) is 1. The molecule has 0 atom stereocenters. The van der Waals surface area contributed by atoms with Gasteiger partial charge in [0.2, 0.25) is 0 Å². The van der Waals surface area contributed by atoms with Crippen molar-refractivity contribution in [1.29, 1.82) is 0 Å². The molecule has 0 saturated heterocycles. The number of nitrogens with one attached hydrogen (secondary N) is 1. The summed E-state index contributed by atoms with van der Waals surface area (Å²) in [5, 5.41) is 4.96. The van der Waals surface area contributed by atoms with E-state index in [4.69, 9.17) is 16.3 Å². The molecular weight excluding hydrogens is 304 g/mol. The summed E-state index contributed by atoms with van der Waals surface area (Å²) in [6, 6.07) is 10.3. The van der Waals surface area contributed by atoms with Crippen LogP contribution in [0.5, 0.6) is 0 Å². The van der Waals surface area contributed by atoms with E-state index in [2.05, 4.69) is 35.4 Å². The molecule has 0 saturated carbocycles. The molecule has 1 N–H and O–H groups in total. The number of hydrogen-bond donors (Lipinski definition) is 1. The smallest absolute Gasteiger partial charge is 0.101 e. The summed E-state index contributed by atoms with van der Waals surface area (Å²) in [4.78, 5) is 5.53. The maximum absolute atomic E-state index is 5.85. The Balaban J connectivity index is 1.97. The van der Waals surface area contributed by atoms with Gasteiger partial charge in [0.05, 0.1) is 11.6 Å². The Labute approximate surface area is 135 Å². The maximum atomic E-state index is 5.85. The highest BCUT2D eigenvalue weighted by molar-refractivity contribution is 7.99. The van der Waals surface area contributed by atoms with E-state index in [1.54, 1.807) is 25.1 Å². The first-order chi connectivity index (χ1) is 10.2. The van der Waals surface area contributed by atoms with Gasteiger partial charge in [-0.15, -0.1) is 0 Å². The molecule has 0 amide bonds. The van der Waals surface area contributed by atoms with Gasteiger partial charge in [-0.3, -0.25) is 0 Å². The first-order valence-electron chi connectivity index (χ1n) is 6.77. The van der Waals surface area contributed by atoms with E-state index in [9.17, 15) is 0 Å². The lowest BCUT2D eigenvalue weighted by Gasteiger charge is -2.09. The lowest BCUT2D eigenvalue weighted by atomic mass is 10.1. The van der Waals surface area contributed by atoms with Gasteiger partial charge in [-0.2, -0.15) is 0 Å². The van der Waals surface area contributed by atoms with Crippen LogP contribution in [0.25, 0.3) is 0 Å². The molecule has 5 heteroatoms. The Morgan fingerprint density at radius 3 is 2.81 bits per heavy atom. The summed E-state index contributed by atoms with van der Waals surface area (Å²) in [5.41, 5.74) is 2.53. The fourth-order valence-electron chi connectivity index (χ4n) is 1.88. The van der Waals surface area contributed by atoms with Crippen LogP contribution in [0.3, 0.4) is 0 Å². The third-order valence-electron chi connectivity index (χ3n) is 2.97. The van der Waals surface area contributed by atoms with E-state index in [0.717, 1.165) is 24.7 Å². The van der Waals surface area contributed by atoms with Crippen LogP contribution in [0.15, 0.2) is 46.5 Å². The van der Waals surface area contributed by atoms with Crippen molar-refractivity contribution in [2.45, 2.75) is 23.4 Å². The molecular formula is C16H19ClN2OS. The predicted octanol–water partition coefficient (Wildman–Crippen LogP) is 3.93. The van der Waals surface area contributed by atoms with Crippen molar-refractivity contribution in [3.8, 4) is 0 Å². The second-order valence-corrected chi connectivity index (χ2v) is 6.18. The van der Waals surface area contributed by atoms with Crippen molar-refractivity contribution in [2.75, 3.05) is 20.3 Å². The molecule has 1 aromatic heterocycles. The van der Waals surface area contributed by atoms with E-state index < -0.39 is 0 Å². The maximum Gasteiger partial charge on any atom is 0.101 e. The molecule has 0 unspecified atom stereocenters. The number of hydrogen-bond acceptors (Lipinski definition) is 4. The van der Waals surface area contributed by atoms with Crippen LogP contribution in [0.1, 0.15) is 11.1 Å². The average Bonchev–Trinajstić information content (AvgIpc) is 2.48. The molecule has 0 radical (unpaired) electrons. The molecule has 1 heterocycles. The first kappa shape index (κ1) is 16.3. The largest absolute Gasteiger partial charge is 0.383 e. The van der Waals surface area contributed by atoms with Crippen molar-refractivity contribution >= 4 is 23.4 Å². The molecule has 0 aliphatic heterocycles. The SMILES string of the molecule is COCCNCc1ccc(Sc2ccc(Cl)cn2)c(C)c1. The van der Waals surface area contributed by atoms with E-state index in [-0.39, 0.29) is 0 Å². The lowest BCUT2D eigenvalue weighted by Crippen LogP contribution is -2.18. The quantitative estimate of drug-likeness (QED) is 0.783. The fraction of sp³-hybridized carbons (Fsp3) is 0.312. The zero-order valence-corrected chi connectivity index (χ0v) is 13.8. The highest BCUT2D eigenvalue weighted by Crippen LogP contribution is 2.29. The highest BCUT2D eigenvalue weighted by atomic mass is 35.5. The Morgan fingerprint density at radius 2 is 2.14 bits per heavy atom. The van der Waals surface area contributed by atoms with Gasteiger partial charge < -0.3 is 10.1 Å². The van der Waals surface area contributed by atoms with E-state index >= 15 is 0 Å². The van der Waals surface area contributed by atoms with Crippen LogP contribution in [0.4, 0.5) is 0 Å². The van der Waals surface area contributed by atoms with E-state index in [1.807, 2.05) is 12.1 Å². The third-order valence-corrected chi connectivity index (χ3v) is 4.32. The first-order valence-corrected chi connectivity index (χ1v) is 7.97. The van der Waals surface area contributed by atoms with Gasteiger partial charge >= 0.3 is 0 Å². The van der Waals surface area contributed by atoms with Gasteiger partial charge in [0.1, 0.15) is 5.03 Å². The van der Waals surface area contributed by atoms with Crippen LogP contribution in [-0.2, 0) is 11.3 Å². The number of benzene rings is 1. The number of pyridine rings is 1. The summed E-state index contributed by atoms with van der Waals surface area (Å²) < 4.78 is 5.02. The number of aromatic nitrogens is 1. The average molecular weight is 323 g/mol. The summed E-state index contributed by atoms with van der Waals surface area (Å²) >= 11 is 7.50.